The number of nitrogens with zero attached hydrogens (tertiary/aromatic N) is 2. The second-order valence-corrected chi connectivity index (χ2v) is 11.9. The van der Waals surface area contributed by atoms with Gasteiger partial charge >= 0.3 is 6.36 Å². The fraction of sp³-hybridized carbons (Fsp3) is 0.316. The Bertz CT molecular complexity index is 1410. The Labute approximate surface area is 201 Å². The van der Waals surface area contributed by atoms with Crippen LogP contribution in [0.15, 0.2) is 46.2 Å². The largest absolute Gasteiger partial charge is 0.573 e. The Kier molecular flexibility index (Phi) is 7.12. The van der Waals surface area contributed by atoms with Crippen molar-refractivity contribution in [2.24, 2.45) is 0 Å². The minimum absolute atomic E-state index is 0.454. The van der Waals surface area contributed by atoms with Crippen molar-refractivity contribution in [2.75, 3.05) is 19.7 Å². The first kappa shape index (κ1) is 27.1. The molecule has 2 aromatic rings. The van der Waals surface area contributed by atoms with Crippen LogP contribution in [0.2, 0.25) is 5.02 Å². The van der Waals surface area contributed by atoms with Crippen molar-refractivity contribution >= 4 is 31.5 Å². The third kappa shape index (κ3) is 5.22. The summed E-state index contributed by atoms with van der Waals surface area (Å²) in [6.45, 7) is -3.03. The topological polar surface area (TPSA) is 145 Å². The van der Waals surface area contributed by atoms with Gasteiger partial charge < -0.3 is 14.9 Å². The normalized spacial score (nSPS) is 21.6. The first-order valence-corrected chi connectivity index (χ1v) is 12.7. The maximum atomic E-state index is 14.0. The van der Waals surface area contributed by atoms with E-state index in [1.165, 1.54) is 6.07 Å². The van der Waals surface area contributed by atoms with Gasteiger partial charge in [0.2, 0.25) is 10.0 Å². The van der Waals surface area contributed by atoms with E-state index >= 15 is 0 Å². The highest BCUT2D eigenvalue weighted by Gasteiger charge is 2.55. The van der Waals surface area contributed by atoms with Crippen LogP contribution in [-0.4, -0.2) is 68.3 Å². The van der Waals surface area contributed by atoms with Gasteiger partial charge in [-0.25, -0.2) is 21.2 Å². The zero-order valence-corrected chi connectivity index (χ0v) is 19.6. The van der Waals surface area contributed by atoms with E-state index in [0.29, 0.717) is 28.6 Å². The van der Waals surface area contributed by atoms with Gasteiger partial charge in [0.1, 0.15) is 33.4 Å². The summed E-state index contributed by atoms with van der Waals surface area (Å²) < 4.78 is 108. The molecule has 0 radical (unpaired) electrons. The summed E-state index contributed by atoms with van der Waals surface area (Å²) in [5.74, 6) is -1.98. The predicted molar refractivity (Wildman–Crippen MR) is 111 cm³/mol. The van der Waals surface area contributed by atoms with Crippen molar-refractivity contribution in [1.82, 2.24) is 4.31 Å². The van der Waals surface area contributed by atoms with E-state index in [1.807, 2.05) is 0 Å². The van der Waals surface area contributed by atoms with E-state index in [9.17, 15) is 44.6 Å². The standard InChI is InChI=1S/C19H15ClF4N2O7S2/c20-14-5-12(33-19(22,23)24)2-4-16(14)35(31,32)26-8-17(18(28,9-26)10-27)34(29,30)13-3-1-11(7-25)15(21)6-13/h1-6,17,27-28H,8-10H2/t17-,18+/m0/s1. The van der Waals surface area contributed by atoms with E-state index < -0.39 is 88.7 Å². The first-order valence-electron chi connectivity index (χ1n) is 9.37. The number of hydrogen-bond donors (Lipinski definition) is 2. The number of rotatable bonds is 6. The summed E-state index contributed by atoms with van der Waals surface area (Å²) in [6.07, 6.45) is -5.07. The van der Waals surface area contributed by atoms with Crippen molar-refractivity contribution in [1.29, 1.82) is 5.26 Å². The quantitative estimate of drug-likeness (QED) is 0.511. The molecule has 9 nitrogen and oxygen atoms in total. The zero-order valence-electron chi connectivity index (χ0n) is 17.2. The Morgan fingerprint density at radius 3 is 2.37 bits per heavy atom. The van der Waals surface area contributed by atoms with Crippen LogP contribution in [0.4, 0.5) is 17.6 Å². The van der Waals surface area contributed by atoms with Crippen molar-refractivity contribution in [3.8, 4) is 11.8 Å². The van der Waals surface area contributed by atoms with Crippen molar-refractivity contribution in [2.45, 2.75) is 27.0 Å². The Morgan fingerprint density at radius 2 is 1.86 bits per heavy atom. The molecule has 2 N–H and O–H groups in total. The Hall–Kier alpha value is -2.48. The van der Waals surface area contributed by atoms with Crippen LogP contribution >= 0.6 is 11.6 Å². The molecule has 0 amide bonds. The summed E-state index contributed by atoms with van der Waals surface area (Å²) >= 11 is 5.84. The molecule has 2 aromatic carbocycles. The van der Waals surface area contributed by atoms with Gasteiger partial charge in [-0.3, -0.25) is 0 Å². The van der Waals surface area contributed by atoms with Crippen molar-refractivity contribution < 1.29 is 49.3 Å². The molecule has 2 atom stereocenters. The molecule has 1 aliphatic heterocycles. The van der Waals surface area contributed by atoms with Gasteiger partial charge in [0.05, 0.1) is 22.1 Å². The van der Waals surface area contributed by atoms with E-state index in [1.54, 1.807) is 0 Å². The van der Waals surface area contributed by atoms with E-state index in [2.05, 4.69) is 4.74 Å². The number of nitriles is 1. The van der Waals surface area contributed by atoms with Crippen LogP contribution < -0.4 is 4.74 Å². The summed E-state index contributed by atoms with van der Waals surface area (Å²) in [6, 6.07) is 5.77. The number of β-amino-alcohol motifs (C(OH)–C–C–N with tert-alkyl or cyclic N) is 1. The first-order chi connectivity index (χ1) is 16.0. The number of sulfonamides is 1. The molecule has 0 unspecified atom stereocenters. The second-order valence-electron chi connectivity index (χ2n) is 7.49. The SMILES string of the molecule is N#Cc1ccc(S(=O)(=O)[C@H]2CN(S(=O)(=O)c3ccc(OC(F)(F)F)cc3Cl)C[C@@]2(O)CO)cc1F. The molecule has 1 aliphatic rings. The van der Waals surface area contributed by atoms with Gasteiger partial charge in [-0.15, -0.1) is 13.2 Å². The number of aliphatic hydroxyl groups is 2. The summed E-state index contributed by atoms with van der Waals surface area (Å²) in [7, 11) is -9.36. The molecule has 1 heterocycles. The average Bonchev–Trinajstić information content (AvgIpc) is 3.12. The molecule has 1 fully saturated rings. The highest BCUT2D eigenvalue weighted by Crippen LogP contribution is 2.37. The predicted octanol–water partition coefficient (Wildman–Crippen LogP) is 1.82. The van der Waals surface area contributed by atoms with Crippen LogP contribution in [0.25, 0.3) is 0 Å². The molecule has 0 spiro atoms. The minimum atomic E-state index is -5.07. The summed E-state index contributed by atoms with van der Waals surface area (Å²) in [4.78, 5) is -1.38. The molecule has 1 saturated heterocycles. The van der Waals surface area contributed by atoms with E-state index in [-0.39, 0.29) is 0 Å². The summed E-state index contributed by atoms with van der Waals surface area (Å²) in [5.41, 5.74) is -2.98. The van der Waals surface area contributed by atoms with Gasteiger partial charge in [-0.1, -0.05) is 11.6 Å². The van der Waals surface area contributed by atoms with Crippen LogP contribution in [-0.2, 0) is 19.9 Å². The van der Waals surface area contributed by atoms with Crippen molar-refractivity contribution in [3.63, 3.8) is 0 Å². The molecule has 0 aromatic heterocycles. The lowest BCUT2D eigenvalue weighted by molar-refractivity contribution is -0.274. The number of alkyl halides is 3. The lowest BCUT2D eigenvalue weighted by Crippen LogP contribution is -2.49. The molecule has 0 aliphatic carbocycles. The summed E-state index contributed by atoms with van der Waals surface area (Å²) in [5, 5.41) is 26.7. The second kappa shape index (κ2) is 9.19. The molecule has 3 rings (SSSR count). The smallest absolute Gasteiger partial charge is 0.406 e. The van der Waals surface area contributed by atoms with Crippen LogP contribution in [0.5, 0.6) is 5.75 Å². The third-order valence-electron chi connectivity index (χ3n) is 5.21. The number of ether oxygens (including phenoxy) is 1. The molecule has 35 heavy (non-hydrogen) atoms. The highest BCUT2D eigenvalue weighted by atomic mass is 35.5. The minimum Gasteiger partial charge on any atom is -0.406 e. The van der Waals surface area contributed by atoms with E-state index in [0.717, 1.165) is 12.1 Å². The number of aliphatic hydroxyl groups excluding tert-OH is 1. The van der Waals surface area contributed by atoms with Gasteiger partial charge in [0.15, 0.2) is 9.84 Å². The van der Waals surface area contributed by atoms with Gasteiger partial charge in [0.25, 0.3) is 0 Å². The number of hydrogen-bond acceptors (Lipinski definition) is 8. The van der Waals surface area contributed by atoms with Crippen LogP contribution in [0.1, 0.15) is 5.56 Å². The molecule has 16 heteroatoms. The van der Waals surface area contributed by atoms with Gasteiger partial charge in [0, 0.05) is 19.2 Å². The van der Waals surface area contributed by atoms with Crippen LogP contribution in [0.3, 0.4) is 0 Å². The van der Waals surface area contributed by atoms with E-state index in [4.69, 9.17) is 16.9 Å². The molecular formula is C19H15ClF4N2O7S2. The van der Waals surface area contributed by atoms with Crippen LogP contribution in [0, 0.1) is 17.1 Å². The maximum absolute atomic E-state index is 14.0. The van der Waals surface area contributed by atoms with Gasteiger partial charge in [-0.05, 0) is 30.3 Å². The fourth-order valence-electron chi connectivity index (χ4n) is 3.50. The maximum Gasteiger partial charge on any atom is 0.573 e. The average molecular weight is 559 g/mol. The molecular weight excluding hydrogens is 544 g/mol. The lowest BCUT2D eigenvalue weighted by atomic mass is 10.1. The zero-order chi connectivity index (χ0) is 26.4. The Balaban J connectivity index is 1.99. The Morgan fingerprint density at radius 1 is 1.20 bits per heavy atom. The third-order valence-corrected chi connectivity index (χ3v) is 9.75. The number of halogens is 5. The molecule has 190 valence electrons. The number of sulfone groups is 1. The number of benzene rings is 2. The fourth-order valence-corrected chi connectivity index (χ4v) is 7.58. The van der Waals surface area contributed by atoms with Crippen molar-refractivity contribution in [3.05, 3.63) is 52.8 Å². The monoisotopic (exact) mass is 558 g/mol. The van der Waals surface area contributed by atoms with Gasteiger partial charge in [-0.2, -0.15) is 9.57 Å². The molecule has 0 saturated carbocycles. The highest BCUT2D eigenvalue weighted by molar-refractivity contribution is 7.92. The molecule has 0 bridgehead atoms. The lowest BCUT2D eigenvalue weighted by Gasteiger charge is -2.26.